The van der Waals surface area contributed by atoms with Crippen molar-refractivity contribution >= 4 is 34.8 Å². The van der Waals surface area contributed by atoms with Crippen LogP contribution in [-0.2, 0) is 4.79 Å². The highest BCUT2D eigenvalue weighted by Crippen LogP contribution is 2.44. The maximum Gasteiger partial charge on any atom is 0.461 e. The number of halogens is 5. The summed E-state index contributed by atoms with van der Waals surface area (Å²) in [5, 5.41) is 19.8. The summed E-state index contributed by atoms with van der Waals surface area (Å²) >= 11 is 6.54. The summed E-state index contributed by atoms with van der Waals surface area (Å²) in [5.41, 5.74) is 0.906. The summed E-state index contributed by atoms with van der Waals surface area (Å²) in [4.78, 5) is 25.5. The van der Waals surface area contributed by atoms with E-state index >= 15 is 0 Å². The van der Waals surface area contributed by atoms with Gasteiger partial charge in [-0.3, -0.25) is 9.59 Å². The summed E-state index contributed by atoms with van der Waals surface area (Å²) in [6, 6.07) is 0.203. The maximum absolute atomic E-state index is 13.1. The molecule has 30 heavy (non-hydrogen) atoms. The molecule has 0 bridgehead atoms. The largest absolute Gasteiger partial charge is 0.507 e. The van der Waals surface area contributed by atoms with Crippen LogP contribution in [0, 0.1) is 0 Å². The minimum absolute atomic E-state index is 0.0162. The first kappa shape index (κ1) is 22.2. The van der Waals surface area contributed by atoms with Crippen molar-refractivity contribution in [3.05, 3.63) is 50.7 Å². The van der Waals surface area contributed by atoms with Crippen molar-refractivity contribution in [1.29, 1.82) is 0 Å². The van der Waals surface area contributed by atoms with Crippen LogP contribution < -0.4 is 4.74 Å². The van der Waals surface area contributed by atoms with Gasteiger partial charge in [0.1, 0.15) is 5.76 Å². The second kappa shape index (κ2) is 7.95. The minimum atomic E-state index is -4.71. The monoisotopic (exact) mass is 467 g/mol. The van der Waals surface area contributed by atoms with Crippen LogP contribution in [0.2, 0.25) is 0 Å². The molecule has 162 valence electrons. The summed E-state index contributed by atoms with van der Waals surface area (Å²) in [6.07, 6.45) is -7.86. The van der Waals surface area contributed by atoms with Gasteiger partial charge in [-0.25, -0.2) is 0 Å². The number of carboxylic acids is 1. The molecular weight excluding hydrogens is 454 g/mol. The number of rotatable bonds is 6. The van der Waals surface area contributed by atoms with E-state index in [1.165, 1.54) is 23.3 Å². The Morgan fingerprint density at radius 2 is 2.10 bits per heavy atom. The number of aliphatic carboxylic acids is 1. The van der Waals surface area contributed by atoms with Crippen molar-refractivity contribution < 1.29 is 42.1 Å². The minimum Gasteiger partial charge on any atom is -0.507 e. The van der Waals surface area contributed by atoms with E-state index in [-0.39, 0.29) is 22.8 Å². The van der Waals surface area contributed by atoms with Crippen molar-refractivity contribution in [3.63, 3.8) is 0 Å². The molecule has 1 aromatic rings. The number of amides is 1. The number of fused-ring (bicyclic) bond motifs is 1. The van der Waals surface area contributed by atoms with Gasteiger partial charge >= 0.3 is 18.5 Å². The Hall–Kier alpha value is -2.53. The number of aliphatic hydroxyl groups is 1. The molecule has 0 saturated carbocycles. The van der Waals surface area contributed by atoms with Gasteiger partial charge in [-0.05, 0) is 24.1 Å². The fourth-order valence-electron chi connectivity index (χ4n) is 3.29. The lowest BCUT2D eigenvalue weighted by atomic mass is 9.92. The van der Waals surface area contributed by atoms with Crippen LogP contribution in [0.5, 0.6) is 5.06 Å². The standard InChI is InChI=1S/C18H14ClF4NO5S/c1-7-9(4-14(26)27)10-3-13(25)11(19)5-12(10)24(7)16(28)8-2-15(30-6-8)29-18(22,23)17(20)21/h2-3,6,12,17,25H,4-5H2,1H3,(H,26,27). The molecule has 0 saturated heterocycles. The first-order chi connectivity index (χ1) is 13.9. The van der Waals surface area contributed by atoms with Gasteiger partial charge in [-0.15, -0.1) is 11.3 Å². The number of thiophene rings is 1. The van der Waals surface area contributed by atoms with Crippen molar-refractivity contribution in [2.24, 2.45) is 0 Å². The van der Waals surface area contributed by atoms with E-state index in [0.717, 1.165) is 6.07 Å². The second-order valence-electron chi connectivity index (χ2n) is 6.54. The van der Waals surface area contributed by atoms with Gasteiger partial charge in [0, 0.05) is 23.6 Å². The average Bonchev–Trinajstić information content (AvgIpc) is 3.18. The zero-order chi connectivity index (χ0) is 22.4. The quantitative estimate of drug-likeness (QED) is 0.581. The second-order valence-corrected chi connectivity index (χ2v) is 7.87. The summed E-state index contributed by atoms with van der Waals surface area (Å²) in [7, 11) is 0. The van der Waals surface area contributed by atoms with Crippen LogP contribution in [0.25, 0.3) is 0 Å². The van der Waals surface area contributed by atoms with Crippen LogP contribution in [0.4, 0.5) is 17.6 Å². The third kappa shape index (κ3) is 4.04. The molecule has 0 spiro atoms. The highest BCUT2D eigenvalue weighted by atomic mass is 35.5. The van der Waals surface area contributed by atoms with Gasteiger partial charge in [0.05, 0.1) is 23.1 Å². The Bertz CT molecular complexity index is 1000. The third-order valence-electron chi connectivity index (χ3n) is 4.62. The Kier molecular flexibility index (Phi) is 5.87. The Morgan fingerprint density at radius 3 is 2.70 bits per heavy atom. The normalized spacial score (nSPS) is 19.4. The zero-order valence-electron chi connectivity index (χ0n) is 15.2. The van der Waals surface area contributed by atoms with E-state index in [2.05, 4.69) is 4.74 Å². The van der Waals surface area contributed by atoms with Gasteiger partial charge < -0.3 is 19.8 Å². The average molecular weight is 468 g/mol. The molecule has 2 N–H and O–H groups in total. The molecule has 2 aliphatic rings. The van der Waals surface area contributed by atoms with Gasteiger partial charge in [0.2, 0.25) is 0 Å². The molecule has 6 nitrogen and oxygen atoms in total. The predicted octanol–water partition coefficient (Wildman–Crippen LogP) is 4.90. The molecule has 1 unspecified atom stereocenters. The van der Waals surface area contributed by atoms with E-state index in [1.807, 2.05) is 0 Å². The molecule has 1 amide bonds. The van der Waals surface area contributed by atoms with Crippen LogP contribution in [-0.4, -0.2) is 45.6 Å². The molecule has 1 aliphatic heterocycles. The summed E-state index contributed by atoms with van der Waals surface area (Å²) in [6.45, 7) is 1.51. The Morgan fingerprint density at radius 1 is 1.43 bits per heavy atom. The first-order valence-corrected chi connectivity index (χ1v) is 9.66. The van der Waals surface area contributed by atoms with Gasteiger partial charge in [0.15, 0.2) is 5.06 Å². The molecule has 0 fully saturated rings. The SMILES string of the molecule is CC1=C(CC(=O)O)C2=CC(O)=C(Cl)CC2N1C(=O)c1csc(OC(F)(F)C(F)F)c1. The maximum atomic E-state index is 13.1. The van der Waals surface area contributed by atoms with Crippen molar-refractivity contribution in [2.45, 2.75) is 38.3 Å². The molecule has 1 aromatic heterocycles. The van der Waals surface area contributed by atoms with Gasteiger partial charge in [-0.2, -0.15) is 17.6 Å². The van der Waals surface area contributed by atoms with E-state index in [1.54, 1.807) is 0 Å². The molecule has 2 heterocycles. The van der Waals surface area contributed by atoms with E-state index in [0.29, 0.717) is 28.2 Å². The number of carboxylic acid groups (broad SMARTS) is 1. The van der Waals surface area contributed by atoms with Crippen LogP contribution in [0.1, 0.15) is 30.1 Å². The Balaban J connectivity index is 1.93. The third-order valence-corrected chi connectivity index (χ3v) is 5.77. The number of ether oxygens (including phenoxy) is 1. The molecule has 1 atom stereocenters. The molecule has 0 radical (unpaired) electrons. The van der Waals surface area contributed by atoms with Crippen molar-refractivity contribution in [1.82, 2.24) is 4.90 Å². The molecular formula is C18H14ClF4NO5S. The lowest BCUT2D eigenvalue weighted by Crippen LogP contribution is -2.37. The lowest BCUT2D eigenvalue weighted by Gasteiger charge is -2.29. The Labute approximate surface area is 176 Å². The summed E-state index contributed by atoms with van der Waals surface area (Å²) < 4.78 is 54.8. The van der Waals surface area contributed by atoms with Crippen molar-refractivity contribution in [2.75, 3.05) is 0 Å². The number of carbonyl (C=O) groups excluding carboxylic acids is 1. The number of nitrogens with zero attached hydrogens (tertiary/aromatic N) is 1. The smallest absolute Gasteiger partial charge is 0.461 e. The van der Waals surface area contributed by atoms with E-state index in [4.69, 9.17) is 11.6 Å². The van der Waals surface area contributed by atoms with Crippen LogP contribution >= 0.6 is 22.9 Å². The molecule has 12 heteroatoms. The van der Waals surface area contributed by atoms with E-state index < -0.39 is 41.9 Å². The predicted molar refractivity (Wildman–Crippen MR) is 99.0 cm³/mol. The number of hydrogen-bond acceptors (Lipinski definition) is 5. The number of hydrogen-bond donors (Lipinski definition) is 2. The molecule has 1 aliphatic carbocycles. The summed E-state index contributed by atoms with van der Waals surface area (Å²) in [5.74, 6) is -2.08. The number of aliphatic hydroxyl groups excluding tert-OH is 1. The van der Waals surface area contributed by atoms with E-state index in [9.17, 15) is 37.4 Å². The highest BCUT2D eigenvalue weighted by Gasteiger charge is 2.45. The van der Waals surface area contributed by atoms with Crippen LogP contribution in [0.15, 0.2) is 45.2 Å². The number of allylic oxidation sites excluding steroid dienone is 2. The zero-order valence-corrected chi connectivity index (χ0v) is 16.7. The molecule has 3 rings (SSSR count). The van der Waals surface area contributed by atoms with Crippen molar-refractivity contribution in [3.8, 4) is 5.06 Å². The molecule has 0 aromatic carbocycles. The number of carbonyl (C=O) groups is 2. The topological polar surface area (TPSA) is 87.1 Å². The number of alkyl halides is 4. The first-order valence-electron chi connectivity index (χ1n) is 8.40. The van der Waals surface area contributed by atoms with Crippen LogP contribution in [0.3, 0.4) is 0 Å². The highest BCUT2D eigenvalue weighted by molar-refractivity contribution is 7.12. The fraction of sp³-hybridized carbons (Fsp3) is 0.333. The van der Waals surface area contributed by atoms with Gasteiger partial charge in [0.25, 0.3) is 5.91 Å². The lowest BCUT2D eigenvalue weighted by molar-refractivity contribution is -0.251. The fourth-order valence-corrected chi connectivity index (χ4v) is 4.25. The van der Waals surface area contributed by atoms with Gasteiger partial charge in [-0.1, -0.05) is 11.6 Å².